The third-order valence-electron chi connectivity index (χ3n) is 6.25. The van der Waals surface area contributed by atoms with Crippen LogP contribution in [0.1, 0.15) is 56.3 Å². The van der Waals surface area contributed by atoms with Crippen LogP contribution in [0.15, 0.2) is 95.9 Å². The second-order valence-corrected chi connectivity index (χ2v) is 10.3. The van der Waals surface area contributed by atoms with E-state index in [2.05, 4.69) is 10.6 Å². The molecular weight excluding hydrogens is 468 g/mol. The number of benzene rings is 3. The van der Waals surface area contributed by atoms with Crippen molar-refractivity contribution in [3.63, 3.8) is 0 Å². The molecule has 6 heteroatoms. The van der Waals surface area contributed by atoms with E-state index in [-0.39, 0.29) is 22.3 Å². The van der Waals surface area contributed by atoms with Gasteiger partial charge < -0.3 is 10.6 Å². The summed E-state index contributed by atoms with van der Waals surface area (Å²) in [6, 6.07) is 27.4. The van der Waals surface area contributed by atoms with Gasteiger partial charge in [0.15, 0.2) is 0 Å². The maximum Gasteiger partial charge on any atom is 0.251 e. The van der Waals surface area contributed by atoms with Crippen molar-refractivity contribution in [3.05, 3.63) is 96.6 Å². The lowest BCUT2D eigenvalue weighted by Gasteiger charge is -2.32. The quantitative estimate of drug-likeness (QED) is 0.367. The van der Waals surface area contributed by atoms with Crippen molar-refractivity contribution in [2.24, 2.45) is 5.41 Å². The van der Waals surface area contributed by atoms with Crippen LogP contribution in [0.5, 0.6) is 0 Å². The van der Waals surface area contributed by atoms with E-state index in [0.29, 0.717) is 16.1 Å². The lowest BCUT2D eigenvalue weighted by Crippen LogP contribution is -2.37. The summed E-state index contributed by atoms with van der Waals surface area (Å²) < 4.78 is 0. The average molecular weight is 503 g/mol. The van der Waals surface area contributed by atoms with Gasteiger partial charge in [0, 0.05) is 15.9 Å². The van der Waals surface area contributed by atoms with Gasteiger partial charge in [-0.1, -0.05) is 92.9 Å². The molecule has 1 unspecified atom stereocenters. The smallest absolute Gasteiger partial charge is 0.251 e. The molecule has 0 aromatic heterocycles. The summed E-state index contributed by atoms with van der Waals surface area (Å²) in [5.74, 6) is -0.281. The molecule has 2 N–H and O–H groups in total. The minimum Gasteiger partial charge on any atom is -0.342 e. The first-order valence-corrected chi connectivity index (χ1v) is 13.2. The molecule has 2 amide bonds. The highest BCUT2D eigenvalue weighted by Crippen LogP contribution is 2.38. The zero-order valence-corrected chi connectivity index (χ0v) is 21.7. The molecule has 1 aliphatic rings. The fourth-order valence-electron chi connectivity index (χ4n) is 4.00. The predicted molar refractivity (Wildman–Crippen MR) is 147 cm³/mol. The molecule has 5 nitrogen and oxygen atoms in total. The number of hydrogen-bond donors (Lipinski definition) is 2. The third-order valence-corrected chi connectivity index (χ3v) is 7.39. The molecular formula is C30H34N2O3S. The van der Waals surface area contributed by atoms with Gasteiger partial charge in [-0.05, 0) is 55.8 Å². The van der Waals surface area contributed by atoms with Gasteiger partial charge in [0.05, 0.1) is 11.7 Å². The van der Waals surface area contributed by atoms with Crippen molar-refractivity contribution in [2.45, 2.75) is 56.9 Å². The summed E-state index contributed by atoms with van der Waals surface area (Å²) >= 11 is 1.03. The molecule has 1 fully saturated rings. The zero-order chi connectivity index (χ0) is 25.8. The third kappa shape index (κ3) is 8.09. The molecule has 0 bridgehead atoms. The van der Waals surface area contributed by atoms with E-state index in [4.69, 9.17) is 0 Å². The summed E-state index contributed by atoms with van der Waals surface area (Å²) in [7, 11) is 0. The summed E-state index contributed by atoms with van der Waals surface area (Å²) in [5.41, 5.74) is 0.779. The van der Waals surface area contributed by atoms with Crippen LogP contribution in [0.3, 0.4) is 0 Å². The van der Waals surface area contributed by atoms with E-state index in [1.54, 1.807) is 31.2 Å². The number of hydrogen-bond acceptors (Lipinski definition) is 4. The zero-order valence-electron chi connectivity index (χ0n) is 20.9. The molecule has 0 radical (unpaired) electrons. The van der Waals surface area contributed by atoms with Crippen molar-refractivity contribution in [1.82, 2.24) is 5.32 Å². The molecule has 188 valence electrons. The largest absolute Gasteiger partial charge is 0.342 e. The van der Waals surface area contributed by atoms with Crippen LogP contribution < -0.4 is 10.6 Å². The first kappa shape index (κ1) is 27.2. The number of carbonyl (C=O) groups is 3. The van der Waals surface area contributed by atoms with Crippen molar-refractivity contribution in [2.75, 3.05) is 5.32 Å². The van der Waals surface area contributed by atoms with E-state index >= 15 is 0 Å². The summed E-state index contributed by atoms with van der Waals surface area (Å²) in [5, 5.41) is 5.58. The van der Waals surface area contributed by atoms with Crippen molar-refractivity contribution in [1.29, 1.82) is 0 Å². The number of carbonyl (C=O) groups excluding carboxylic acids is 3. The minimum absolute atomic E-state index is 0.00753. The summed E-state index contributed by atoms with van der Waals surface area (Å²) in [6.07, 6.45) is 5.08. The highest BCUT2D eigenvalue weighted by atomic mass is 32.2. The van der Waals surface area contributed by atoms with Gasteiger partial charge in [0.25, 0.3) is 5.91 Å². The highest BCUT2D eigenvalue weighted by molar-refractivity contribution is 8.14. The number of rotatable bonds is 6. The maximum atomic E-state index is 12.9. The fraction of sp³-hybridized carbons (Fsp3) is 0.300. The number of amides is 2. The van der Waals surface area contributed by atoms with Crippen molar-refractivity contribution >= 4 is 34.4 Å². The van der Waals surface area contributed by atoms with Crippen molar-refractivity contribution in [3.8, 4) is 0 Å². The average Bonchev–Trinajstić information content (AvgIpc) is 2.92. The first-order valence-electron chi connectivity index (χ1n) is 12.4. The molecule has 4 rings (SSSR count). The molecule has 0 heterocycles. The topological polar surface area (TPSA) is 75.3 Å². The molecule has 1 aliphatic carbocycles. The van der Waals surface area contributed by atoms with E-state index in [0.717, 1.165) is 37.4 Å². The Balaban J connectivity index is 0.000000526. The van der Waals surface area contributed by atoms with E-state index < -0.39 is 6.04 Å². The number of anilines is 1. The van der Waals surface area contributed by atoms with Crippen LogP contribution in [0.4, 0.5) is 5.69 Å². The molecule has 1 atom stereocenters. The molecule has 0 spiro atoms. The molecule has 1 saturated carbocycles. The molecule has 0 aliphatic heterocycles. The Morgan fingerprint density at radius 1 is 0.778 bits per heavy atom. The Labute approximate surface area is 218 Å². The van der Waals surface area contributed by atoms with Gasteiger partial charge in [0.1, 0.15) is 0 Å². The normalized spacial score (nSPS) is 14.9. The molecule has 3 aromatic carbocycles. The Hall–Kier alpha value is -3.38. The second kappa shape index (κ2) is 13.6. The summed E-state index contributed by atoms with van der Waals surface area (Å²) in [6.45, 7) is 3.68. The predicted octanol–water partition coefficient (Wildman–Crippen LogP) is 6.72. The van der Waals surface area contributed by atoms with Crippen LogP contribution >= 0.6 is 11.8 Å². The Morgan fingerprint density at radius 3 is 1.92 bits per heavy atom. The van der Waals surface area contributed by atoms with Crippen molar-refractivity contribution < 1.29 is 14.4 Å². The van der Waals surface area contributed by atoms with Gasteiger partial charge in [-0.25, -0.2) is 0 Å². The monoisotopic (exact) mass is 502 g/mol. The van der Waals surface area contributed by atoms with Crippen LogP contribution in [-0.4, -0.2) is 23.0 Å². The molecule has 36 heavy (non-hydrogen) atoms. The Bertz CT molecular complexity index is 1100. The van der Waals surface area contributed by atoms with Crippen LogP contribution in [0.2, 0.25) is 0 Å². The number of para-hydroxylation sites is 1. The lowest BCUT2D eigenvalue weighted by atomic mass is 9.75. The second-order valence-electron chi connectivity index (χ2n) is 9.21. The fourth-order valence-corrected chi connectivity index (χ4v) is 4.83. The van der Waals surface area contributed by atoms with Gasteiger partial charge in [0.2, 0.25) is 11.0 Å². The van der Waals surface area contributed by atoms with E-state index in [9.17, 15) is 14.4 Å². The van der Waals surface area contributed by atoms with E-state index in [1.165, 1.54) is 6.42 Å². The van der Waals surface area contributed by atoms with Gasteiger partial charge in [-0.2, -0.15) is 0 Å². The minimum atomic E-state index is -0.665. The maximum absolute atomic E-state index is 12.9. The van der Waals surface area contributed by atoms with Crippen LogP contribution in [0.25, 0.3) is 0 Å². The van der Waals surface area contributed by atoms with Gasteiger partial charge >= 0.3 is 0 Å². The van der Waals surface area contributed by atoms with Gasteiger partial charge in [-0.15, -0.1) is 0 Å². The van der Waals surface area contributed by atoms with Gasteiger partial charge in [-0.3, -0.25) is 14.4 Å². The molecule has 3 aromatic rings. The highest BCUT2D eigenvalue weighted by Gasteiger charge is 2.34. The lowest BCUT2D eigenvalue weighted by molar-refractivity contribution is -0.126. The van der Waals surface area contributed by atoms with Crippen LogP contribution in [0, 0.1) is 5.41 Å². The standard InChI is InChI=1S/C24H28N2O3S.C6H6/c1-17(25-21(27)18-11-5-3-6-12-18)22(28)30-20-14-8-7-13-19(20)26-23(29)24(2)15-9-4-10-16-24;1-2-4-6-5-3-1/h3,5-8,11-14,17H,4,9-10,15-16H2,1-2H3,(H,25,27)(H,26,29);1-6H. The summed E-state index contributed by atoms with van der Waals surface area (Å²) in [4.78, 5) is 38.6. The Morgan fingerprint density at radius 2 is 1.31 bits per heavy atom. The SMILES string of the molecule is CC(NC(=O)c1ccccc1)C(=O)Sc1ccccc1NC(=O)C1(C)CCCCC1.c1ccccc1. The number of nitrogens with one attached hydrogen (secondary N) is 2. The Kier molecular flexibility index (Phi) is 10.3. The van der Waals surface area contributed by atoms with Crippen LogP contribution in [-0.2, 0) is 9.59 Å². The first-order chi connectivity index (χ1) is 17.4. The number of thioether (sulfide) groups is 1. The molecule has 0 saturated heterocycles. The van der Waals surface area contributed by atoms with E-state index in [1.807, 2.05) is 73.7 Å².